The van der Waals surface area contributed by atoms with Gasteiger partial charge in [0.05, 0.1) is 5.75 Å². The maximum absolute atomic E-state index is 12.4. The summed E-state index contributed by atoms with van der Waals surface area (Å²) in [5.74, 6) is 4.34. The van der Waals surface area contributed by atoms with Crippen LogP contribution < -0.4 is 5.32 Å². The Morgan fingerprint density at radius 1 is 0.933 bits per heavy atom. The molecule has 0 heterocycles. The molecule has 0 unspecified atom stereocenters. The van der Waals surface area contributed by atoms with E-state index in [9.17, 15) is 4.79 Å². The number of aryl methyl sites for hydroxylation is 2. The molecule has 0 saturated heterocycles. The molecular weight excluding hydrogens is 386 g/mol. The molecule has 2 nitrogen and oxygen atoms in total. The first-order valence-electron chi connectivity index (χ1n) is 11.5. The highest BCUT2D eigenvalue weighted by Gasteiger charge is 2.51. The van der Waals surface area contributed by atoms with E-state index in [0.29, 0.717) is 11.2 Å². The van der Waals surface area contributed by atoms with Crippen molar-refractivity contribution < 1.29 is 4.79 Å². The van der Waals surface area contributed by atoms with Gasteiger partial charge >= 0.3 is 0 Å². The first-order valence-corrected chi connectivity index (χ1v) is 12.7. The van der Waals surface area contributed by atoms with Crippen LogP contribution in [0.2, 0.25) is 0 Å². The Bertz CT molecular complexity index is 877. The topological polar surface area (TPSA) is 29.1 Å². The summed E-state index contributed by atoms with van der Waals surface area (Å²) in [7, 11) is 0. The van der Waals surface area contributed by atoms with Crippen molar-refractivity contribution in [2.75, 3.05) is 11.1 Å². The predicted octanol–water partition coefficient (Wildman–Crippen LogP) is 6.64. The molecule has 4 bridgehead atoms. The van der Waals surface area contributed by atoms with E-state index < -0.39 is 0 Å². The number of nitrogens with one attached hydrogen (secondary N) is 1. The van der Waals surface area contributed by atoms with Crippen LogP contribution in [-0.4, -0.2) is 11.7 Å². The summed E-state index contributed by atoms with van der Waals surface area (Å²) in [6.45, 7) is 4.25. The zero-order chi connectivity index (χ0) is 20.7. The predicted molar refractivity (Wildman–Crippen MR) is 127 cm³/mol. The fourth-order valence-corrected chi connectivity index (χ4v) is 7.74. The normalized spacial score (nSPS) is 29.2. The zero-order valence-corrected chi connectivity index (χ0v) is 19.1. The second kappa shape index (κ2) is 8.07. The van der Waals surface area contributed by atoms with Crippen LogP contribution in [0.1, 0.15) is 60.8 Å². The Balaban J connectivity index is 1.16. The third-order valence-corrected chi connectivity index (χ3v) is 8.61. The number of hydrogen-bond acceptors (Lipinski definition) is 2. The molecule has 0 spiro atoms. The van der Waals surface area contributed by atoms with Gasteiger partial charge in [0, 0.05) is 11.4 Å². The lowest BCUT2D eigenvalue weighted by atomic mass is 9.48. The lowest BCUT2D eigenvalue weighted by Gasteiger charge is -2.57. The summed E-state index contributed by atoms with van der Waals surface area (Å²) < 4.78 is 0. The van der Waals surface area contributed by atoms with Gasteiger partial charge in [-0.2, -0.15) is 0 Å². The lowest BCUT2D eigenvalue weighted by molar-refractivity contribution is -0.113. The van der Waals surface area contributed by atoms with Crippen LogP contribution in [0.5, 0.6) is 0 Å². The minimum absolute atomic E-state index is 0.0897. The fourth-order valence-electron chi connectivity index (χ4n) is 6.98. The Morgan fingerprint density at radius 2 is 1.50 bits per heavy atom. The Morgan fingerprint density at radius 3 is 2.07 bits per heavy atom. The molecule has 2 aromatic rings. The smallest absolute Gasteiger partial charge is 0.234 e. The number of anilines is 1. The van der Waals surface area contributed by atoms with E-state index in [1.165, 1.54) is 60.8 Å². The summed E-state index contributed by atoms with van der Waals surface area (Å²) in [6, 6.07) is 15.5. The van der Waals surface area contributed by atoms with E-state index >= 15 is 0 Å². The van der Waals surface area contributed by atoms with Crippen molar-refractivity contribution in [3.8, 4) is 0 Å². The second-order valence-corrected chi connectivity index (χ2v) is 11.3. The van der Waals surface area contributed by atoms with E-state index in [4.69, 9.17) is 0 Å². The van der Waals surface area contributed by atoms with Gasteiger partial charge in [0.25, 0.3) is 0 Å². The van der Waals surface area contributed by atoms with Crippen molar-refractivity contribution in [2.24, 2.45) is 17.8 Å². The SMILES string of the molecule is Cc1cc(C)cc(CSCC(=O)Nc2ccc(C34CC5CC(CC(C5)C3)C4)cc2)c1. The molecule has 1 amide bonds. The van der Waals surface area contributed by atoms with Gasteiger partial charge in [-0.15, -0.1) is 11.8 Å². The first-order chi connectivity index (χ1) is 14.5. The maximum atomic E-state index is 12.4. The van der Waals surface area contributed by atoms with E-state index in [2.05, 4.69) is 61.6 Å². The fraction of sp³-hybridized carbons (Fsp3) is 0.519. The van der Waals surface area contributed by atoms with Gasteiger partial charge in [0.2, 0.25) is 5.91 Å². The van der Waals surface area contributed by atoms with E-state index in [1.807, 2.05) is 0 Å². The van der Waals surface area contributed by atoms with E-state index in [1.54, 1.807) is 11.8 Å². The molecule has 4 saturated carbocycles. The number of benzene rings is 2. The quantitative estimate of drug-likeness (QED) is 0.568. The van der Waals surface area contributed by atoms with E-state index in [0.717, 1.165) is 29.2 Å². The van der Waals surface area contributed by atoms with Crippen LogP contribution >= 0.6 is 11.8 Å². The number of carbonyl (C=O) groups is 1. The van der Waals surface area contributed by atoms with Crippen molar-refractivity contribution in [1.29, 1.82) is 0 Å². The molecule has 6 rings (SSSR count). The molecule has 4 fully saturated rings. The average Bonchev–Trinajstić information content (AvgIpc) is 2.66. The monoisotopic (exact) mass is 419 g/mol. The third kappa shape index (κ3) is 4.19. The Hall–Kier alpha value is -1.74. The van der Waals surface area contributed by atoms with Gasteiger partial charge in [0.1, 0.15) is 0 Å². The molecule has 2 aromatic carbocycles. The van der Waals surface area contributed by atoms with Crippen LogP contribution in [0.15, 0.2) is 42.5 Å². The highest BCUT2D eigenvalue weighted by Crippen LogP contribution is 2.60. The third-order valence-electron chi connectivity index (χ3n) is 7.60. The van der Waals surface area contributed by atoms with Crippen LogP contribution in [0, 0.1) is 31.6 Å². The number of rotatable bonds is 6. The highest BCUT2D eigenvalue weighted by atomic mass is 32.2. The van der Waals surface area contributed by atoms with Gasteiger partial charge in [-0.05, 0) is 98.8 Å². The number of amides is 1. The molecular formula is C27H33NOS. The molecule has 0 atom stereocenters. The molecule has 158 valence electrons. The van der Waals surface area contributed by atoms with Crippen LogP contribution in [0.3, 0.4) is 0 Å². The van der Waals surface area contributed by atoms with Gasteiger partial charge in [0.15, 0.2) is 0 Å². The van der Waals surface area contributed by atoms with Crippen molar-refractivity contribution >= 4 is 23.4 Å². The summed E-state index contributed by atoms with van der Waals surface area (Å²) in [5.41, 5.74) is 6.75. The molecule has 0 radical (unpaired) electrons. The van der Waals surface area contributed by atoms with Crippen molar-refractivity contribution in [2.45, 2.75) is 63.5 Å². The van der Waals surface area contributed by atoms with Crippen molar-refractivity contribution in [1.82, 2.24) is 0 Å². The largest absolute Gasteiger partial charge is 0.325 e. The molecule has 1 N–H and O–H groups in total. The number of carbonyl (C=O) groups excluding carboxylic acids is 1. The minimum Gasteiger partial charge on any atom is -0.325 e. The highest BCUT2D eigenvalue weighted by molar-refractivity contribution is 7.99. The van der Waals surface area contributed by atoms with Gasteiger partial charge < -0.3 is 5.32 Å². The average molecular weight is 420 g/mol. The number of thioether (sulfide) groups is 1. The van der Waals surface area contributed by atoms with Crippen LogP contribution in [0.25, 0.3) is 0 Å². The zero-order valence-electron chi connectivity index (χ0n) is 18.2. The van der Waals surface area contributed by atoms with Gasteiger partial charge in [-0.1, -0.05) is 41.5 Å². The minimum atomic E-state index is 0.0897. The van der Waals surface area contributed by atoms with Crippen molar-refractivity contribution in [3.63, 3.8) is 0 Å². The summed E-state index contributed by atoms with van der Waals surface area (Å²) in [4.78, 5) is 12.4. The van der Waals surface area contributed by atoms with Crippen LogP contribution in [-0.2, 0) is 16.0 Å². The Kier molecular flexibility index (Phi) is 5.43. The summed E-state index contributed by atoms with van der Waals surface area (Å²) in [6.07, 6.45) is 8.60. The Labute approximate surface area is 185 Å². The molecule has 0 aromatic heterocycles. The molecule has 0 aliphatic heterocycles. The molecule has 4 aliphatic carbocycles. The van der Waals surface area contributed by atoms with Gasteiger partial charge in [-0.25, -0.2) is 0 Å². The summed E-state index contributed by atoms with van der Waals surface area (Å²) >= 11 is 1.68. The first kappa shape index (κ1) is 20.2. The van der Waals surface area contributed by atoms with E-state index in [-0.39, 0.29) is 5.91 Å². The number of hydrogen-bond donors (Lipinski definition) is 1. The standard InChI is InChI=1S/C27H33NOS/c1-18-7-19(2)9-23(8-18)16-30-17-26(29)28-25-5-3-24(4-6-25)27-13-20-10-21(14-27)12-22(11-20)15-27/h3-9,20-22H,10-17H2,1-2H3,(H,28,29). The van der Waals surface area contributed by atoms with Gasteiger partial charge in [-0.3, -0.25) is 4.79 Å². The summed E-state index contributed by atoms with van der Waals surface area (Å²) in [5, 5.41) is 3.09. The maximum Gasteiger partial charge on any atom is 0.234 e. The second-order valence-electron chi connectivity index (χ2n) is 10.3. The molecule has 3 heteroatoms. The molecule has 4 aliphatic rings. The van der Waals surface area contributed by atoms with Crippen LogP contribution in [0.4, 0.5) is 5.69 Å². The molecule has 30 heavy (non-hydrogen) atoms. The lowest BCUT2D eigenvalue weighted by Crippen LogP contribution is -2.48. The van der Waals surface area contributed by atoms with Crippen molar-refractivity contribution in [3.05, 3.63) is 64.7 Å².